The second kappa shape index (κ2) is 4.93. The van der Waals surface area contributed by atoms with Crippen LogP contribution >= 0.6 is 0 Å². The van der Waals surface area contributed by atoms with Gasteiger partial charge in [-0.15, -0.1) is 0 Å². The first-order valence-corrected chi connectivity index (χ1v) is 6.03. The van der Waals surface area contributed by atoms with Crippen LogP contribution in [0.4, 0.5) is 0 Å². The average Bonchev–Trinajstić information content (AvgIpc) is 2.50. The van der Waals surface area contributed by atoms with Gasteiger partial charge in [-0.3, -0.25) is 14.6 Å². The highest BCUT2D eigenvalue weighted by Gasteiger charge is 2.43. The Morgan fingerprint density at radius 2 is 2.11 bits per heavy atom. The third kappa shape index (κ3) is 2.05. The van der Waals surface area contributed by atoms with Crippen molar-refractivity contribution < 1.29 is 19.1 Å². The van der Waals surface area contributed by atoms with Crippen LogP contribution in [0.25, 0.3) is 0 Å². The van der Waals surface area contributed by atoms with Crippen LogP contribution in [0.3, 0.4) is 0 Å². The van der Waals surface area contributed by atoms with E-state index in [0.29, 0.717) is 25.8 Å². The van der Waals surface area contributed by atoms with Gasteiger partial charge in [-0.2, -0.15) is 0 Å². The van der Waals surface area contributed by atoms with Gasteiger partial charge in [0.05, 0.1) is 13.2 Å². The fraction of sp³-hybridized carbons (Fsp3) is 0.727. The minimum Gasteiger partial charge on any atom is -0.467 e. The number of nitrogens with two attached hydrogens (primary N) is 1. The van der Waals surface area contributed by atoms with E-state index in [1.807, 2.05) is 0 Å². The van der Waals surface area contributed by atoms with Gasteiger partial charge in [-0.1, -0.05) is 0 Å². The number of methoxy groups -OCH3 is 1. The predicted octanol–water partition coefficient (Wildman–Crippen LogP) is -0.985. The summed E-state index contributed by atoms with van der Waals surface area (Å²) in [7, 11) is 1.27. The van der Waals surface area contributed by atoms with Gasteiger partial charge < -0.3 is 10.5 Å². The quantitative estimate of drug-likeness (QED) is 0.608. The Kier molecular flexibility index (Phi) is 3.51. The van der Waals surface area contributed by atoms with Crippen molar-refractivity contribution in [2.24, 2.45) is 5.73 Å². The van der Waals surface area contributed by atoms with Crippen LogP contribution < -0.4 is 5.73 Å². The number of rotatable bonds is 1. The van der Waals surface area contributed by atoms with Crippen molar-refractivity contribution in [1.29, 1.82) is 0 Å². The molecule has 2 aliphatic rings. The molecule has 18 heavy (non-hydrogen) atoms. The highest BCUT2D eigenvalue weighted by Crippen LogP contribution is 2.24. The van der Waals surface area contributed by atoms with E-state index in [0.717, 1.165) is 0 Å². The van der Waals surface area contributed by atoms with Gasteiger partial charge in [0.2, 0.25) is 5.91 Å². The zero-order chi connectivity index (χ0) is 13.3. The van der Waals surface area contributed by atoms with Crippen molar-refractivity contribution in [2.75, 3.05) is 13.7 Å². The SMILES string of the molecule is COC(=O)C1CCCN2C(=O)CC[C@H](N)C(=O)N12. The molecular formula is C11H17N3O4. The Hall–Kier alpha value is -1.63. The van der Waals surface area contributed by atoms with E-state index in [-0.39, 0.29) is 18.2 Å². The monoisotopic (exact) mass is 255 g/mol. The average molecular weight is 255 g/mol. The molecule has 2 N–H and O–H groups in total. The van der Waals surface area contributed by atoms with E-state index >= 15 is 0 Å². The number of fused-ring (bicyclic) bond motifs is 1. The van der Waals surface area contributed by atoms with Crippen LogP contribution in [0, 0.1) is 0 Å². The molecule has 2 fully saturated rings. The van der Waals surface area contributed by atoms with Gasteiger partial charge in [0.25, 0.3) is 5.91 Å². The van der Waals surface area contributed by atoms with Crippen molar-refractivity contribution in [3.05, 3.63) is 0 Å². The molecule has 2 atom stereocenters. The topological polar surface area (TPSA) is 92.9 Å². The van der Waals surface area contributed by atoms with Gasteiger partial charge in [0.15, 0.2) is 6.04 Å². The lowest BCUT2D eigenvalue weighted by Crippen LogP contribution is -2.61. The van der Waals surface area contributed by atoms with Gasteiger partial charge in [0, 0.05) is 13.0 Å². The molecule has 0 aromatic carbocycles. The lowest BCUT2D eigenvalue weighted by Gasteiger charge is -2.42. The molecule has 7 nitrogen and oxygen atoms in total. The standard InChI is InChI=1S/C11H17N3O4/c1-18-11(17)8-3-2-6-13-9(15)5-4-7(12)10(16)14(8)13/h7-8H,2-6,12H2,1H3/t7-,8?/m0/s1. The lowest BCUT2D eigenvalue weighted by atomic mass is 10.1. The van der Waals surface area contributed by atoms with Crippen molar-refractivity contribution in [3.63, 3.8) is 0 Å². The Bertz CT molecular complexity index is 384. The van der Waals surface area contributed by atoms with Crippen molar-refractivity contribution in [3.8, 4) is 0 Å². The first-order chi connectivity index (χ1) is 8.56. The summed E-state index contributed by atoms with van der Waals surface area (Å²) in [5, 5.41) is 2.55. The predicted molar refractivity (Wildman–Crippen MR) is 60.8 cm³/mol. The fourth-order valence-electron chi connectivity index (χ4n) is 2.41. The number of amides is 2. The summed E-state index contributed by atoms with van der Waals surface area (Å²) >= 11 is 0. The van der Waals surface area contributed by atoms with E-state index in [1.54, 1.807) is 0 Å². The maximum Gasteiger partial charge on any atom is 0.330 e. The number of hydrogen-bond acceptors (Lipinski definition) is 5. The first kappa shape index (κ1) is 12.8. The van der Waals surface area contributed by atoms with E-state index < -0.39 is 18.1 Å². The van der Waals surface area contributed by atoms with Crippen molar-refractivity contribution in [2.45, 2.75) is 37.8 Å². The number of ether oxygens (including phenoxy) is 1. The molecule has 0 spiro atoms. The second-order valence-electron chi connectivity index (χ2n) is 4.53. The third-order valence-corrected chi connectivity index (χ3v) is 3.38. The van der Waals surface area contributed by atoms with Crippen LogP contribution in [0.2, 0.25) is 0 Å². The Morgan fingerprint density at radius 1 is 1.39 bits per heavy atom. The minimum absolute atomic E-state index is 0.162. The highest BCUT2D eigenvalue weighted by molar-refractivity contribution is 5.92. The molecule has 0 radical (unpaired) electrons. The summed E-state index contributed by atoms with van der Waals surface area (Å²) in [6.07, 6.45) is 1.72. The van der Waals surface area contributed by atoms with Gasteiger partial charge in [-0.25, -0.2) is 9.80 Å². The fourth-order valence-corrected chi connectivity index (χ4v) is 2.41. The van der Waals surface area contributed by atoms with Crippen LogP contribution in [-0.2, 0) is 19.1 Å². The Labute approximate surface area is 105 Å². The molecule has 2 heterocycles. The molecule has 100 valence electrons. The molecule has 7 heteroatoms. The number of carbonyl (C=O) groups excluding carboxylic acids is 3. The third-order valence-electron chi connectivity index (χ3n) is 3.38. The zero-order valence-corrected chi connectivity index (χ0v) is 10.3. The Morgan fingerprint density at radius 3 is 2.78 bits per heavy atom. The van der Waals surface area contributed by atoms with E-state index in [1.165, 1.54) is 17.1 Å². The van der Waals surface area contributed by atoms with Crippen LogP contribution in [-0.4, -0.2) is 53.5 Å². The molecule has 2 amide bonds. The molecule has 2 saturated heterocycles. The summed E-state index contributed by atoms with van der Waals surface area (Å²) in [4.78, 5) is 35.8. The largest absolute Gasteiger partial charge is 0.467 e. The van der Waals surface area contributed by atoms with Crippen LogP contribution in [0.1, 0.15) is 25.7 Å². The number of hydrazine groups is 1. The van der Waals surface area contributed by atoms with Crippen molar-refractivity contribution in [1.82, 2.24) is 10.0 Å². The molecule has 0 bridgehead atoms. The molecule has 0 aromatic rings. The molecule has 0 saturated carbocycles. The second-order valence-corrected chi connectivity index (χ2v) is 4.53. The Balaban J connectivity index is 2.32. The lowest BCUT2D eigenvalue weighted by molar-refractivity contribution is -0.181. The van der Waals surface area contributed by atoms with E-state index in [2.05, 4.69) is 4.74 Å². The van der Waals surface area contributed by atoms with Crippen LogP contribution in [0.15, 0.2) is 0 Å². The smallest absolute Gasteiger partial charge is 0.330 e. The van der Waals surface area contributed by atoms with Crippen molar-refractivity contribution >= 4 is 17.8 Å². The maximum atomic E-state index is 12.2. The molecule has 1 unspecified atom stereocenters. The maximum absolute atomic E-state index is 12.2. The molecule has 0 aliphatic carbocycles. The normalized spacial score (nSPS) is 28.8. The zero-order valence-electron chi connectivity index (χ0n) is 10.3. The molecular weight excluding hydrogens is 238 g/mol. The highest BCUT2D eigenvalue weighted by atomic mass is 16.5. The number of hydrogen-bond donors (Lipinski definition) is 1. The van der Waals surface area contributed by atoms with Gasteiger partial charge in [-0.05, 0) is 19.3 Å². The summed E-state index contributed by atoms with van der Waals surface area (Å²) in [6, 6.07) is -1.46. The molecule has 2 aliphatic heterocycles. The number of carbonyl (C=O) groups is 3. The molecule has 0 aromatic heterocycles. The minimum atomic E-state index is -0.732. The summed E-state index contributed by atoms with van der Waals surface area (Å²) in [5.41, 5.74) is 5.73. The molecule has 2 rings (SSSR count). The first-order valence-electron chi connectivity index (χ1n) is 6.03. The van der Waals surface area contributed by atoms with E-state index in [4.69, 9.17) is 5.73 Å². The summed E-state index contributed by atoms with van der Waals surface area (Å²) in [6.45, 7) is 0.449. The van der Waals surface area contributed by atoms with Gasteiger partial charge in [0.1, 0.15) is 0 Å². The number of nitrogens with zero attached hydrogens (tertiary/aromatic N) is 2. The van der Waals surface area contributed by atoms with Gasteiger partial charge >= 0.3 is 5.97 Å². The summed E-state index contributed by atoms with van der Waals surface area (Å²) < 4.78 is 4.69. The van der Waals surface area contributed by atoms with E-state index in [9.17, 15) is 14.4 Å². The summed E-state index contributed by atoms with van der Waals surface area (Å²) in [5.74, 6) is -1.05. The number of esters is 1. The van der Waals surface area contributed by atoms with Crippen LogP contribution in [0.5, 0.6) is 0 Å².